The van der Waals surface area contributed by atoms with Crippen LogP contribution in [0.25, 0.3) is 0 Å². The molecule has 0 saturated carbocycles. The number of fused-ring (bicyclic) bond motifs is 1. The Morgan fingerprint density at radius 1 is 1.24 bits per heavy atom. The van der Waals surface area contributed by atoms with Crippen LogP contribution in [0.2, 0.25) is 0 Å². The summed E-state index contributed by atoms with van der Waals surface area (Å²) in [7, 11) is 0. The molecule has 0 aromatic rings. The Bertz CT molecular complexity index is 487. The third-order valence-electron chi connectivity index (χ3n) is 3.89. The zero-order valence-electron chi connectivity index (χ0n) is 9.86. The van der Waals surface area contributed by atoms with Crippen molar-refractivity contribution >= 4 is 5.78 Å². The summed E-state index contributed by atoms with van der Waals surface area (Å²) in [5.74, 6) is 0.149. The quantitative estimate of drug-likeness (QED) is 0.596. The summed E-state index contributed by atoms with van der Waals surface area (Å²) >= 11 is 0. The summed E-state index contributed by atoms with van der Waals surface area (Å²) in [4.78, 5) is 12.1. The number of nitriles is 2. The number of allylic oxidation sites excluding steroid dienone is 4. The highest BCUT2D eigenvalue weighted by Gasteiger charge is 2.49. The van der Waals surface area contributed by atoms with Gasteiger partial charge in [0.15, 0.2) is 5.41 Å². The molecule has 0 bridgehead atoms. The number of ketones is 1. The van der Waals surface area contributed by atoms with Crippen LogP contribution in [0.4, 0.5) is 0 Å². The van der Waals surface area contributed by atoms with E-state index in [0.29, 0.717) is 25.7 Å². The van der Waals surface area contributed by atoms with Gasteiger partial charge < -0.3 is 0 Å². The largest absolute Gasteiger partial charge is 0.299 e. The van der Waals surface area contributed by atoms with Gasteiger partial charge in [0, 0.05) is 12.8 Å². The van der Waals surface area contributed by atoms with Crippen molar-refractivity contribution in [3.8, 4) is 12.1 Å². The van der Waals surface area contributed by atoms with Crippen molar-refractivity contribution in [2.75, 3.05) is 0 Å². The van der Waals surface area contributed by atoms with Crippen molar-refractivity contribution in [3.63, 3.8) is 0 Å². The maximum Gasteiger partial charge on any atom is 0.169 e. The van der Waals surface area contributed by atoms with Crippen molar-refractivity contribution in [2.45, 2.75) is 32.6 Å². The second-order valence-electron chi connectivity index (χ2n) is 4.92. The molecule has 0 heterocycles. The van der Waals surface area contributed by atoms with E-state index in [4.69, 9.17) is 0 Å². The number of carbonyl (C=O) groups excluding carboxylic acids is 1. The van der Waals surface area contributed by atoms with Gasteiger partial charge in [0.2, 0.25) is 0 Å². The molecule has 2 aliphatic carbocycles. The second-order valence-corrected chi connectivity index (χ2v) is 4.92. The molecule has 0 N–H and O–H groups in total. The molecule has 2 rings (SSSR count). The van der Waals surface area contributed by atoms with Gasteiger partial charge in [-0.25, -0.2) is 0 Å². The summed E-state index contributed by atoms with van der Waals surface area (Å²) in [5.41, 5.74) is -1.09. The first kappa shape index (κ1) is 11.6. The maximum atomic E-state index is 12.1. The monoisotopic (exact) mass is 226 g/mol. The van der Waals surface area contributed by atoms with Crippen molar-refractivity contribution in [1.29, 1.82) is 10.5 Å². The van der Waals surface area contributed by atoms with Gasteiger partial charge in [-0.3, -0.25) is 4.79 Å². The van der Waals surface area contributed by atoms with Gasteiger partial charge in [-0.1, -0.05) is 18.2 Å². The second kappa shape index (κ2) is 3.86. The van der Waals surface area contributed by atoms with E-state index in [0.717, 1.165) is 5.57 Å². The molecule has 2 aliphatic rings. The van der Waals surface area contributed by atoms with E-state index in [2.05, 4.69) is 12.1 Å². The van der Waals surface area contributed by atoms with E-state index in [1.807, 2.05) is 25.2 Å². The molecule has 0 aliphatic heterocycles. The molecule has 1 atom stereocenters. The average molecular weight is 226 g/mol. The molecule has 17 heavy (non-hydrogen) atoms. The Labute approximate surface area is 101 Å². The summed E-state index contributed by atoms with van der Waals surface area (Å²) in [6, 6.07) is 4.24. The van der Waals surface area contributed by atoms with Crippen LogP contribution in [0, 0.1) is 33.5 Å². The van der Waals surface area contributed by atoms with E-state index in [9.17, 15) is 15.3 Å². The Kier molecular flexibility index (Phi) is 2.63. The first-order valence-corrected chi connectivity index (χ1v) is 5.81. The predicted octanol–water partition coefficient (Wildman–Crippen LogP) is 2.67. The van der Waals surface area contributed by atoms with E-state index in [1.54, 1.807) is 0 Å². The van der Waals surface area contributed by atoms with Gasteiger partial charge in [0.1, 0.15) is 5.78 Å². The first-order valence-electron chi connectivity index (χ1n) is 5.81. The minimum Gasteiger partial charge on any atom is -0.299 e. The molecule has 86 valence electrons. The lowest BCUT2D eigenvalue weighted by molar-refractivity contribution is -0.126. The fraction of sp³-hybridized carbons (Fsp3) is 0.500. The topological polar surface area (TPSA) is 64.7 Å². The van der Waals surface area contributed by atoms with Crippen LogP contribution < -0.4 is 0 Å². The van der Waals surface area contributed by atoms with Crippen LogP contribution >= 0.6 is 0 Å². The Morgan fingerprint density at radius 3 is 2.53 bits per heavy atom. The number of rotatable bonds is 0. The fourth-order valence-electron chi connectivity index (χ4n) is 2.79. The third kappa shape index (κ3) is 1.51. The lowest BCUT2D eigenvalue weighted by Gasteiger charge is -2.37. The lowest BCUT2D eigenvalue weighted by atomic mass is 9.62. The highest BCUT2D eigenvalue weighted by atomic mass is 16.1. The molecule has 0 saturated heterocycles. The van der Waals surface area contributed by atoms with Gasteiger partial charge >= 0.3 is 0 Å². The lowest BCUT2D eigenvalue weighted by Crippen LogP contribution is -2.38. The molecular weight excluding hydrogens is 212 g/mol. The summed E-state index contributed by atoms with van der Waals surface area (Å²) in [6.45, 7) is 1.86. The molecule has 0 spiro atoms. The summed E-state index contributed by atoms with van der Waals surface area (Å²) in [6.07, 6.45) is 7.85. The normalized spacial score (nSPS) is 30.5. The number of nitrogens with zero attached hydrogens (tertiary/aromatic N) is 2. The molecule has 0 radical (unpaired) electrons. The first-order chi connectivity index (χ1) is 8.09. The van der Waals surface area contributed by atoms with Crippen molar-refractivity contribution in [2.24, 2.45) is 10.8 Å². The molecule has 3 heteroatoms. The van der Waals surface area contributed by atoms with Gasteiger partial charge in [-0.05, 0) is 25.3 Å². The smallest absolute Gasteiger partial charge is 0.169 e. The minimum absolute atomic E-state index is 0.149. The standard InChI is InChI=1S/C14H14N2O/c1-13-7-2-3-8-14(9-15,10-16)11(13)5-4-6-12(13)17/h2-3,5H,4,6-8H2,1H3. The van der Waals surface area contributed by atoms with E-state index in [-0.39, 0.29) is 5.78 Å². The van der Waals surface area contributed by atoms with Crippen molar-refractivity contribution in [3.05, 3.63) is 23.8 Å². The Balaban J connectivity index is 2.64. The highest BCUT2D eigenvalue weighted by molar-refractivity contribution is 5.90. The number of hydrogen-bond acceptors (Lipinski definition) is 3. The molecule has 0 aromatic carbocycles. The summed E-state index contributed by atoms with van der Waals surface area (Å²) in [5, 5.41) is 18.7. The zero-order chi connectivity index (χ0) is 12.5. The molecule has 0 amide bonds. The number of Topliss-reactive ketones (excluding diaryl/α,β-unsaturated/α-hetero) is 1. The SMILES string of the molecule is CC12CC=CCC(C#N)(C#N)C1=CCCC2=O. The number of carbonyl (C=O) groups is 1. The zero-order valence-corrected chi connectivity index (χ0v) is 9.86. The molecule has 0 fully saturated rings. The summed E-state index contributed by atoms with van der Waals surface area (Å²) < 4.78 is 0. The maximum absolute atomic E-state index is 12.1. The van der Waals surface area contributed by atoms with Gasteiger partial charge in [-0.2, -0.15) is 10.5 Å². The van der Waals surface area contributed by atoms with E-state index >= 15 is 0 Å². The molecule has 1 unspecified atom stereocenters. The molecule has 0 aromatic heterocycles. The predicted molar refractivity (Wildman–Crippen MR) is 62.5 cm³/mol. The minimum atomic E-state index is -1.15. The van der Waals surface area contributed by atoms with Crippen molar-refractivity contribution < 1.29 is 4.79 Å². The van der Waals surface area contributed by atoms with Crippen LogP contribution in [0.1, 0.15) is 32.6 Å². The van der Waals surface area contributed by atoms with Crippen LogP contribution in [-0.4, -0.2) is 5.78 Å². The van der Waals surface area contributed by atoms with E-state index < -0.39 is 10.8 Å². The van der Waals surface area contributed by atoms with Crippen LogP contribution in [-0.2, 0) is 4.79 Å². The molecular formula is C14H14N2O. The van der Waals surface area contributed by atoms with Gasteiger partial charge in [-0.15, -0.1) is 0 Å². The molecule has 3 nitrogen and oxygen atoms in total. The average Bonchev–Trinajstić information content (AvgIpc) is 2.49. The van der Waals surface area contributed by atoms with Gasteiger partial charge in [0.05, 0.1) is 17.6 Å². The Hall–Kier alpha value is -1.87. The van der Waals surface area contributed by atoms with Crippen molar-refractivity contribution in [1.82, 2.24) is 0 Å². The highest BCUT2D eigenvalue weighted by Crippen LogP contribution is 2.50. The number of hydrogen-bond donors (Lipinski definition) is 0. The van der Waals surface area contributed by atoms with Gasteiger partial charge in [0.25, 0.3) is 0 Å². The van der Waals surface area contributed by atoms with Crippen LogP contribution in [0.5, 0.6) is 0 Å². The third-order valence-corrected chi connectivity index (χ3v) is 3.89. The van der Waals surface area contributed by atoms with Crippen LogP contribution in [0.15, 0.2) is 23.8 Å². The Morgan fingerprint density at radius 2 is 1.88 bits per heavy atom. The fourth-order valence-corrected chi connectivity index (χ4v) is 2.79. The van der Waals surface area contributed by atoms with Crippen LogP contribution in [0.3, 0.4) is 0 Å². The van der Waals surface area contributed by atoms with E-state index in [1.165, 1.54) is 0 Å².